The van der Waals surface area contributed by atoms with E-state index in [1.165, 1.54) is 88.4 Å². The molecule has 10 heteroatoms. The normalized spacial score (nSPS) is 11.2. The first kappa shape index (κ1) is 58.9. The molecule has 0 bridgehead atoms. The number of nitrogens with zero attached hydrogens (tertiary/aromatic N) is 7. The number of para-hydroxylation sites is 4. The molecule has 0 fully saturated rings. The van der Waals surface area contributed by atoms with E-state index in [0.29, 0.717) is 7.61 Å². The molecule has 9 aromatic carbocycles. The Morgan fingerprint density at radius 1 is 0.407 bits per heavy atom. The minimum absolute atomic E-state index is 0. The Kier molecular flexibility index (Phi) is 17.9. The van der Waals surface area contributed by atoms with E-state index in [0.717, 1.165) is 44.5 Å². The van der Waals surface area contributed by atoms with Crippen molar-refractivity contribution in [1.29, 1.82) is 0 Å². The van der Waals surface area contributed by atoms with Gasteiger partial charge in [-0.05, 0) is 131 Å². The first-order valence-corrected chi connectivity index (χ1v) is 32.4. The second kappa shape index (κ2) is 26.2. The van der Waals surface area contributed by atoms with Crippen LogP contribution in [0.3, 0.4) is 0 Å². The number of hydrogen-bond acceptors (Lipinski definition) is 5. The van der Waals surface area contributed by atoms with Gasteiger partial charge in [0.15, 0.2) is 0 Å². The minimum Gasteiger partial charge on any atom is -0.357 e. The van der Waals surface area contributed by atoms with Gasteiger partial charge in [0.25, 0.3) is 0 Å². The maximum Gasteiger partial charge on any atom is 0.105 e. The fraction of sp³-hybridized carbons (Fsp3) is 0.0921. The molecule has 0 saturated carbocycles. The van der Waals surface area contributed by atoms with E-state index in [2.05, 4.69) is 302 Å². The quantitative estimate of drug-likeness (QED) is 0.0942. The van der Waals surface area contributed by atoms with Crippen LogP contribution in [0.5, 0.6) is 0 Å². The Morgan fingerprint density at radius 3 is 1.27 bits per heavy atom. The predicted molar refractivity (Wildman–Crippen MR) is 364 cm³/mol. The summed E-state index contributed by atoms with van der Waals surface area (Å²) in [4.78, 5) is 22.2. The summed E-state index contributed by atoms with van der Waals surface area (Å²) < 4.78 is 4.73. The molecule has 7 nitrogen and oxygen atoms in total. The van der Waals surface area contributed by atoms with Crippen LogP contribution in [0.15, 0.2) is 268 Å². The number of aryl methyl sites for hydroxylation is 1. The van der Waals surface area contributed by atoms with Gasteiger partial charge >= 0.3 is 0 Å². The zero-order valence-electron chi connectivity index (χ0n) is 48.9. The molecule has 15 rings (SSSR count). The van der Waals surface area contributed by atoms with E-state index in [-0.39, 0.29) is 25.5 Å². The molecule has 15 aromatic rings. The summed E-state index contributed by atoms with van der Waals surface area (Å²) in [6, 6.07) is 88.8. The number of rotatable bonds is 6. The molecule has 1 unspecified atom stereocenters. The van der Waals surface area contributed by atoms with Crippen molar-refractivity contribution in [3.63, 3.8) is 0 Å². The molecular formula is C76H64IrN7P2-. The van der Waals surface area contributed by atoms with Gasteiger partial charge in [-0.3, -0.25) is 15.0 Å². The summed E-state index contributed by atoms with van der Waals surface area (Å²) in [7, 11) is 3.02. The van der Waals surface area contributed by atoms with E-state index in [1.807, 2.05) is 37.5 Å². The second-order valence-electron chi connectivity index (χ2n) is 22.2. The van der Waals surface area contributed by atoms with Crippen molar-refractivity contribution in [3.8, 4) is 56.0 Å². The topological polar surface area (TPSA) is 74.3 Å². The molecule has 0 spiro atoms. The van der Waals surface area contributed by atoms with E-state index >= 15 is 0 Å². The molecule has 0 saturated heterocycles. The smallest absolute Gasteiger partial charge is 0.105 e. The molecule has 0 aliphatic heterocycles. The molecule has 423 valence electrons. The van der Waals surface area contributed by atoms with Gasteiger partial charge in [0, 0.05) is 87.3 Å². The molecule has 1 radical (unpaired) electrons. The second-order valence-corrected chi connectivity index (χ2v) is 27.2. The molecule has 1 atom stereocenters. The number of pyridine rings is 3. The largest absolute Gasteiger partial charge is 0.357 e. The van der Waals surface area contributed by atoms with Crippen LogP contribution in [-0.4, -0.2) is 47.4 Å². The van der Waals surface area contributed by atoms with Gasteiger partial charge in [-0.25, -0.2) is 4.98 Å². The van der Waals surface area contributed by atoms with Crippen molar-refractivity contribution in [2.45, 2.75) is 33.1 Å². The molecule has 6 heterocycles. The third-order valence-electron chi connectivity index (χ3n) is 15.1. The third-order valence-corrected chi connectivity index (χ3v) is 15.1. The Bertz CT molecular complexity index is 4560. The van der Waals surface area contributed by atoms with Crippen LogP contribution < -0.4 is 0 Å². The number of benzene rings is 9. The molecule has 0 amide bonds. The Morgan fingerprint density at radius 2 is 0.826 bits per heavy atom. The van der Waals surface area contributed by atoms with Gasteiger partial charge in [-0.1, -0.05) is 205 Å². The van der Waals surface area contributed by atoms with Gasteiger partial charge in [0.1, 0.15) is 6.33 Å². The van der Waals surface area contributed by atoms with E-state index in [4.69, 9.17) is 0 Å². The first-order chi connectivity index (χ1) is 41.5. The van der Waals surface area contributed by atoms with Crippen molar-refractivity contribution in [3.05, 3.63) is 285 Å². The summed E-state index contributed by atoms with van der Waals surface area (Å²) in [5, 5.41) is 7.35. The number of aromatic nitrogens is 7. The van der Waals surface area contributed by atoms with Crippen LogP contribution in [0, 0.1) is 13.0 Å². The molecule has 0 N–H and O–H groups in total. The van der Waals surface area contributed by atoms with Gasteiger partial charge in [-0.15, -0.1) is 26.6 Å². The fourth-order valence-electron chi connectivity index (χ4n) is 11.2. The monoisotopic (exact) mass is 1330 g/mol. The fourth-order valence-corrected chi connectivity index (χ4v) is 11.2. The summed E-state index contributed by atoms with van der Waals surface area (Å²) in [5.74, 6) is 0. The van der Waals surface area contributed by atoms with Gasteiger partial charge in [-0.2, -0.15) is 0 Å². The molecule has 0 aliphatic rings. The molecule has 86 heavy (non-hydrogen) atoms. The third kappa shape index (κ3) is 12.3. The van der Waals surface area contributed by atoms with E-state index in [1.54, 1.807) is 18.6 Å². The average molecular weight is 1330 g/mol. The van der Waals surface area contributed by atoms with Gasteiger partial charge in [0.2, 0.25) is 0 Å². The van der Waals surface area contributed by atoms with Crippen molar-refractivity contribution < 1.29 is 20.1 Å². The molecule has 6 aromatic heterocycles. The number of hydrogen-bond donors (Lipinski definition) is 0. The van der Waals surface area contributed by atoms with Crippen LogP contribution in [0.2, 0.25) is 0 Å². The summed E-state index contributed by atoms with van der Waals surface area (Å²) >= 11 is 0. The SMILES string of the molecule is CP(C)P.Cc1ncc[c-]c1-c1cc(C(C)(C)C)ncn1.[Ir].c1ccc(-c2ccnc3c2ccc2c(-c4ccccc4)ccnc23)cc1.c1ccc(-n2c3ccccc3c3cc(-c4ccc5c(c4)c4ccccc4n5-c4ccccc4)ccc32)cc1. The first-order valence-electron chi connectivity index (χ1n) is 28.5. The standard InChI is InChI=1S/C36H24N2.C24H16N2.C14H16N3.C2H8P2.Ir/c1-3-11-27(12-4-1)37-33-17-9-7-15-29(33)31-23-25(19-21-35(31)37)26-20-22-36-32(24-26)30-16-8-10-18-34(30)38(36)28-13-5-2-6-14-28;1-3-7-17(8-4-1)19-13-15-25-23-21(19)11-12-22-20(14-16-26-24(22)23)18-9-5-2-6-10-18;1-10-11(6-5-7-15-10)12-8-13(14(2,3)4)17-9-16-12;1-4(2)3;/h1-24H;1-16H;5,7-9H,1-4H3;3H2,1-2H3;/q;;-1;;. The number of fused-ring (bicyclic) bond motifs is 9. The Balaban J connectivity index is 0.000000139. The average Bonchev–Trinajstić information content (AvgIpc) is 1.92. The van der Waals surface area contributed by atoms with Crippen LogP contribution >= 0.6 is 16.5 Å². The zero-order valence-corrected chi connectivity index (χ0v) is 53.3. The molecule has 0 aliphatic carbocycles. The maximum atomic E-state index is 4.67. The minimum atomic E-state index is 0. The van der Waals surface area contributed by atoms with Crippen LogP contribution in [0.4, 0.5) is 0 Å². The maximum absolute atomic E-state index is 4.67. The zero-order chi connectivity index (χ0) is 58.4. The molecular weight excluding hydrogens is 1270 g/mol. The van der Waals surface area contributed by atoms with Crippen molar-refractivity contribution >= 4 is 82.0 Å². The van der Waals surface area contributed by atoms with Crippen LogP contribution in [-0.2, 0) is 25.5 Å². The van der Waals surface area contributed by atoms with Crippen molar-refractivity contribution in [2.75, 3.05) is 13.3 Å². The van der Waals surface area contributed by atoms with Crippen molar-refractivity contribution in [2.24, 2.45) is 0 Å². The van der Waals surface area contributed by atoms with Gasteiger partial charge in [0.05, 0.1) is 33.1 Å². The van der Waals surface area contributed by atoms with E-state index < -0.39 is 0 Å². The summed E-state index contributed by atoms with van der Waals surface area (Å²) in [6.07, 6.45) is 7.10. The summed E-state index contributed by atoms with van der Waals surface area (Å²) in [6.45, 7) is 12.8. The van der Waals surface area contributed by atoms with Crippen LogP contribution in [0.25, 0.3) is 121 Å². The summed E-state index contributed by atoms with van der Waals surface area (Å²) in [5.41, 5.74) is 20.2. The predicted octanol–water partition coefficient (Wildman–Crippen LogP) is 20.1. The van der Waals surface area contributed by atoms with Crippen molar-refractivity contribution in [1.82, 2.24) is 34.1 Å². The van der Waals surface area contributed by atoms with Gasteiger partial charge < -0.3 is 14.1 Å². The Hall–Kier alpha value is -8.86. The Labute approximate surface area is 520 Å². The van der Waals surface area contributed by atoms with Crippen LogP contribution in [0.1, 0.15) is 32.2 Å². The van der Waals surface area contributed by atoms with E-state index in [9.17, 15) is 0 Å².